The first-order chi connectivity index (χ1) is 28.3. The van der Waals surface area contributed by atoms with Crippen molar-refractivity contribution in [3.8, 4) is 28.7 Å². The fourth-order valence-electron chi connectivity index (χ4n) is 9.31. The Bertz CT molecular complexity index is 3340. The first-order valence-corrected chi connectivity index (χ1v) is 21.1. The Morgan fingerprint density at radius 3 is 2.07 bits per heavy atom. The van der Waals surface area contributed by atoms with Crippen LogP contribution in [-0.2, 0) is 0 Å². The molecule has 0 fully saturated rings. The number of hydrogen-bond donors (Lipinski definition) is 0. The molecule has 5 heterocycles. The van der Waals surface area contributed by atoms with Crippen LogP contribution in [0.4, 0.5) is 0 Å². The molecule has 7 heteroatoms. The van der Waals surface area contributed by atoms with Gasteiger partial charge in [0.25, 0.3) is 0 Å². The van der Waals surface area contributed by atoms with Crippen LogP contribution in [0.1, 0.15) is 0 Å². The molecule has 4 aromatic heterocycles. The summed E-state index contributed by atoms with van der Waals surface area (Å²) in [5, 5.41) is 10.6. The molecule has 0 N–H and O–H groups in total. The van der Waals surface area contributed by atoms with E-state index in [0.29, 0.717) is 0 Å². The maximum absolute atomic E-state index is 6.93. The minimum absolute atomic E-state index is 0.721. The average Bonchev–Trinajstić information content (AvgIpc) is 3.91. The van der Waals surface area contributed by atoms with Crippen LogP contribution < -0.4 is 30.2 Å². The zero-order valence-corrected chi connectivity index (χ0v) is 31.6. The van der Waals surface area contributed by atoms with E-state index in [1.807, 2.05) is 36.8 Å². The van der Waals surface area contributed by atoms with Gasteiger partial charge in [-0.25, -0.2) is 9.97 Å². The molecule has 0 unspecified atom stereocenters. The van der Waals surface area contributed by atoms with Gasteiger partial charge in [-0.3, -0.25) is 8.97 Å². The molecule has 0 saturated heterocycles. The molecule has 0 bridgehead atoms. The third kappa shape index (κ3) is 4.57. The highest BCUT2D eigenvalue weighted by Gasteiger charge is 2.50. The fraction of sp³-hybridized carbons (Fsp3) is 0. The Morgan fingerprint density at radius 1 is 0.491 bits per heavy atom. The molecule has 268 valence electrons. The molecule has 1 aliphatic heterocycles. The largest absolute Gasteiger partial charge is 0.457 e. The van der Waals surface area contributed by atoms with Crippen molar-refractivity contribution in [1.29, 1.82) is 0 Å². The molecule has 0 saturated carbocycles. The fourth-order valence-corrected chi connectivity index (χ4v) is 14.5. The van der Waals surface area contributed by atoms with Gasteiger partial charge >= 0.3 is 0 Å². The number of imidazole rings is 1. The summed E-state index contributed by atoms with van der Waals surface area (Å²) in [6.07, 6.45) is 5.75. The van der Waals surface area contributed by atoms with E-state index in [-0.39, 0.29) is 0 Å². The lowest BCUT2D eigenvalue weighted by Crippen LogP contribution is -2.76. The normalized spacial score (nSPS) is 13.2. The molecular formula is C50H32N4O2Si. The third-order valence-electron chi connectivity index (χ3n) is 11.6. The number of ether oxygens (including phenoxy) is 2. The highest BCUT2D eigenvalue weighted by Crippen LogP contribution is 2.39. The van der Waals surface area contributed by atoms with Crippen LogP contribution >= 0.6 is 0 Å². The zero-order valence-electron chi connectivity index (χ0n) is 30.6. The standard InChI is InChI=1S/C50H32N4O2Si/c1-3-15-36(16-4-1)57(37-17-5-2-6-18-37)46-23-10-9-22-44(46)56-45-27-26-40-41-20-12-28-51-50(41)54(47(40)48(45)57)33-13-11-14-34(31-33)55-35-24-25-38-39-19-7-8-21-43(39)53-30-29-52-49(53)42(38)32-35/h1-32H. The number of pyridine rings is 2. The minimum Gasteiger partial charge on any atom is -0.457 e. The van der Waals surface area contributed by atoms with Gasteiger partial charge in [-0.1, -0.05) is 103 Å². The molecule has 11 aromatic rings. The average molecular weight is 749 g/mol. The second kappa shape index (κ2) is 12.3. The van der Waals surface area contributed by atoms with Gasteiger partial charge in [-0.05, 0) is 87.7 Å². The van der Waals surface area contributed by atoms with Crippen LogP contribution in [-0.4, -0.2) is 27.0 Å². The number of hydrogen-bond acceptors (Lipinski definition) is 4. The van der Waals surface area contributed by atoms with Gasteiger partial charge in [0.1, 0.15) is 34.3 Å². The van der Waals surface area contributed by atoms with Crippen molar-refractivity contribution >= 4 is 78.1 Å². The van der Waals surface area contributed by atoms with E-state index >= 15 is 0 Å². The van der Waals surface area contributed by atoms with E-state index in [1.165, 1.54) is 26.1 Å². The van der Waals surface area contributed by atoms with Crippen LogP contribution in [0.2, 0.25) is 0 Å². The van der Waals surface area contributed by atoms with Crippen molar-refractivity contribution in [3.63, 3.8) is 0 Å². The van der Waals surface area contributed by atoms with Gasteiger partial charge in [-0.2, -0.15) is 0 Å². The predicted molar refractivity (Wildman–Crippen MR) is 233 cm³/mol. The molecule has 6 nitrogen and oxygen atoms in total. The zero-order chi connectivity index (χ0) is 37.5. The van der Waals surface area contributed by atoms with Gasteiger partial charge in [0.2, 0.25) is 0 Å². The molecule has 0 atom stereocenters. The lowest BCUT2D eigenvalue weighted by molar-refractivity contribution is 0.483. The number of aromatic nitrogens is 4. The molecule has 0 aliphatic carbocycles. The number of para-hydroxylation sites is 2. The number of fused-ring (bicyclic) bond motifs is 12. The molecule has 0 amide bonds. The molecule has 7 aromatic carbocycles. The number of benzene rings is 7. The predicted octanol–water partition coefficient (Wildman–Crippen LogP) is 9.41. The molecule has 57 heavy (non-hydrogen) atoms. The second-order valence-corrected chi connectivity index (χ2v) is 18.3. The summed E-state index contributed by atoms with van der Waals surface area (Å²) >= 11 is 0. The van der Waals surface area contributed by atoms with E-state index in [0.717, 1.165) is 72.6 Å². The highest BCUT2D eigenvalue weighted by atomic mass is 28.3. The summed E-state index contributed by atoms with van der Waals surface area (Å²) in [6.45, 7) is 0. The van der Waals surface area contributed by atoms with Crippen molar-refractivity contribution < 1.29 is 9.47 Å². The first kappa shape index (κ1) is 31.8. The van der Waals surface area contributed by atoms with Gasteiger partial charge in [-0.15, -0.1) is 0 Å². The highest BCUT2D eigenvalue weighted by molar-refractivity contribution is 7.21. The van der Waals surface area contributed by atoms with Crippen LogP contribution in [0, 0.1) is 0 Å². The Kier molecular flexibility index (Phi) is 6.85. The summed E-state index contributed by atoms with van der Waals surface area (Å²) in [7, 11) is -3.02. The van der Waals surface area contributed by atoms with Crippen LogP contribution in [0.15, 0.2) is 195 Å². The van der Waals surface area contributed by atoms with Crippen LogP contribution in [0.25, 0.3) is 54.9 Å². The summed E-state index contributed by atoms with van der Waals surface area (Å²) in [6, 6.07) is 62.3. The Hall–Kier alpha value is -7.48. The molecule has 0 radical (unpaired) electrons. The lowest BCUT2D eigenvalue weighted by Gasteiger charge is -2.40. The summed E-state index contributed by atoms with van der Waals surface area (Å²) in [5.74, 6) is 3.23. The Labute approximate surface area is 328 Å². The second-order valence-electron chi connectivity index (χ2n) is 14.6. The lowest BCUT2D eigenvalue weighted by atomic mass is 10.1. The maximum Gasteiger partial charge on any atom is 0.191 e. The van der Waals surface area contributed by atoms with E-state index in [9.17, 15) is 0 Å². The topological polar surface area (TPSA) is 53.6 Å². The van der Waals surface area contributed by atoms with Gasteiger partial charge in [0, 0.05) is 51.4 Å². The number of nitrogens with zero attached hydrogens (tertiary/aromatic N) is 4. The van der Waals surface area contributed by atoms with E-state index in [1.54, 1.807) is 0 Å². The number of rotatable bonds is 5. The summed E-state index contributed by atoms with van der Waals surface area (Å²) in [4.78, 5) is 9.81. The molecule has 0 spiro atoms. The van der Waals surface area contributed by atoms with Crippen molar-refractivity contribution in [2.45, 2.75) is 0 Å². The van der Waals surface area contributed by atoms with E-state index in [2.05, 4.69) is 167 Å². The third-order valence-corrected chi connectivity index (χ3v) is 16.4. The van der Waals surface area contributed by atoms with Gasteiger partial charge in [0.15, 0.2) is 8.07 Å². The molecule has 1 aliphatic rings. The molecule has 12 rings (SSSR count). The first-order valence-electron chi connectivity index (χ1n) is 19.1. The van der Waals surface area contributed by atoms with Gasteiger partial charge < -0.3 is 9.47 Å². The van der Waals surface area contributed by atoms with E-state index in [4.69, 9.17) is 19.4 Å². The Balaban J connectivity index is 1.10. The van der Waals surface area contributed by atoms with Crippen molar-refractivity contribution in [2.75, 3.05) is 0 Å². The summed E-state index contributed by atoms with van der Waals surface area (Å²) < 4.78 is 18.1. The SMILES string of the molecule is c1ccc([Si]2(c3ccccc3)c3ccccc3Oc3ccc4c5cccnc5n(-c5cccc(Oc6ccc7c8ccccc8n8ccnc8c7c6)c5)c4c32)cc1. The maximum atomic E-state index is 6.93. The quantitative estimate of drug-likeness (QED) is 0.130. The molecular weight excluding hydrogens is 717 g/mol. The van der Waals surface area contributed by atoms with Crippen molar-refractivity contribution in [2.24, 2.45) is 0 Å². The van der Waals surface area contributed by atoms with Gasteiger partial charge in [0.05, 0.1) is 16.7 Å². The van der Waals surface area contributed by atoms with E-state index < -0.39 is 8.07 Å². The van der Waals surface area contributed by atoms with Crippen LogP contribution in [0.3, 0.4) is 0 Å². The summed E-state index contributed by atoms with van der Waals surface area (Å²) in [5.41, 5.74) is 4.94. The Morgan fingerprint density at radius 2 is 1.21 bits per heavy atom. The smallest absolute Gasteiger partial charge is 0.191 e. The van der Waals surface area contributed by atoms with Crippen LogP contribution in [0.5, 0.6) is 23.0 Å². The van der Waals surface area contributed by atoms with Crippen molar-refractivity contribution in [3.05, 3.63) is 195 Å². The monoisotopic (exact) mass is 748 g/mol. The van der Waals surface area contributed by atoms with Crippen molar-refractivity contribution in [1.82, 2.24) is 18.9 Å². The minimum atomic E-state index is -3.02.